The van der Waals surface area contributed by atoms with Crippen molar-refractivity contribution in [3.05, 3.63) is 59.1 Å². The maximum Gasteiger partial charge on any atom is 0.461 e. The lowest BCUT2D eigenvalue weighted by atomic mass is 9.43. The van der Waals surface area contributed by atoms with Crippen LogP contribution in [0.4, 0.5) is 0 Å². The Hall–Kier alpha value is -3.46. The molecule has 4 aliphatic rings. The Morgan fingerprint density at radius 3 is 2.07 bits per heavy atom. The Labute approximate surface area is 354 Å². The van der Waals surface area contributed by atoms with Crippen molar-refractivity contribution in [2.45, 2.75) is 135 Å². The molecule has 7 N–H and O–H groups in total. The average Bonchev–Trinajstić information content (AvgIpc) is 3.57. The number of nitrogens with one attached hydrogen (secondary N) is 2. The van der Waals surface area contributed by atoms with E-state index >= 15 is 0 Å². The first-order valence-electron chi connectivity index (χ1n) is 21.4. The van der Waals surface area contributed by atoms with Gasteiger partial charge in [0.2, 0.25) is 11.8 Å². The number of nitrogens with two attached hydrogens (primary N) is 2. The third kappa shape index (κ3) is 10.9. The van der Waals surface area contributed by atoms with Crippen molar-refractivity contribution in [2.24, 2.45) is 40.6 Å². The Morgan fingerprint density at radius 1 is 0.831 bits per heavy atom. The van der Waals surface area contributed by atoms with Crippen LogP contribution in [0.15, 0.2) is 48.5 Å². The molecule has 0 unspecified atom stereocenters. The predicted molar refractivity (Wildman–Crippen MR) is 229 cm³/mol. The van der Waals surface area contributed by atoms with E-state index in [9.17, 15) is 29.1 Å². The summed E-state index contributed by atoms with van der Waals surface area (Å²) in [6.45, 7) is 12.2. The number of aliphatic hydroxyl groups excluding tert-OH is 1. The standard InChI is InChI=1S/C45H64BClN4O8/c1-26(42(56)50-35(9-7-8-19-48)37(54)22-27(2)46-58-40-25-33-24-39(44(33,4)5)45(40,6)59-46)21-38(55)41(28(3)52)51-43(57)32(18-20-49)23-36(53)31-12-10-29(11-13-31)30-14-16-34(47)17-15-30/h10-17,26-28,32-33,35,39-41,52H,7-9,18-25,48-49H2,1-6H3,(H,50,56)(H,51,57)/t26-,27-,28-,32-,33+,35+,39+,40-,41+,45+/m1/s1. The second-order valence-corrected chi connectivity index (χ2v) is 18.6. The lowest BCUT2D eigenvalue weighted by Crippen LogP contribution is -2.65. The first-order valence-corrected chi connectivity index (χ1v) is 21.7. The second-order valence-electron chi connectivity index (χ2n) is 18.1. The highest BCUT2D eigenvalue weighted by atomic mass is 35.5. The molecule has 59 heavy (non-hydrogen) atoms. The van der Waals surface area contributed by atoms with Gasteiger partial charge < -0.3 is 36.5 Å². The number of hydrogen-bond acceptors (Lipinski definition) is 10. The highest BCUT2D eigenvalue weighted by Crippen LogP contribution is 2.66. The van der Waals surface area contributed by atoms with Gasteiger partial charge in [-0.3, -0.25) is 24.0 Å². The molecule has 1 heterocycles. The Morgan fingerprint density at radius 2 is 1.47 bits per heavy atom. The van der Waals surface area contributed by atoms with E-state index in [-0.39, 0.29) is 61.1 Å². The molecule has 322 valence electrons. The number of carbonyl (C=O) groups excluding carboxylic acids is 5. The molecule has 1 saturated heterocycles. The first-order chi connectivity index (χ1) is 27.9. The summed E-state index contributed by atoms with van der Waals surface area (Å²) >= 11 is 6.01. The number of unbranched alkanes of at least 4 members (excludes halogenated alkanes) is 1. The van der Waals surface area contributed by atoms with Crippen molar-refractivity contribution >= 4 is 47.9 Å². The number of ketones is 3. The molecule has 14 heteroatoms. The number of hydrogen-bond donors (Lipinski definition) is 5. The SMILES string of the molecule is C[C@H](CC(=O)[C@H](CCCCN)NC(=O)[C@H](C)CC(=O)[C@@H](NC(=O)[C@H](CCN)CC(=O)c1ccc(-c2ccc(Cl)cc2)cc1)[C@@H](C)O)B1O[C@@H]2C[C@@H]3C[C@@H](C3(C)C)[C@]2(C)O1. The van der Waals surface area contributed by atoms with Crippen LogP contribution in [-0.4, -0.2) is 84.4 Å². The van der Waals surface area contributed by atoms with Crippen LogP contribution < -0.4 is 22.1 Å². The van der Waals surface area contributed by atoms with E-state index in [2.05, 4.69) is 31.4 Å². The third-order valence-corrected chi connectivity index (χ3v) is 13.6. The van der Waals surface area contributed by atoms with Crippen molar-refractivity contribution in [3.63, 3.8) is 0 Å². The van der Waals surface area contributed by atoms with E-state index in [4.69, 9.17) is 32.4 Å². The van der Waals surface area contributed by atoms with Crippen LogP contribution in [0.1, 0.15) is 110 Å². The molecule has 6 rings (SSSR count). The van der Waals surface area contributed by atoms with E-state index in [1.165, 1.54) is 6.92 Å². The van der Waals surface area contributed by atoms with Crippen LogP contribution in [0.25, 0.3) is 11.1 Å². The number of halogens is 1. The van der Waals surface area contributed by atoms with Gasteiger partial charge in [-0.05, 0) is 112 Å². The number of rotatable bonds is 22. The number of Topliss-reactive ketones (excluding diaryl/α,β-unsaturated/α-hetero) is 3. The van der Waals surface area contributed by atoms with Gasteiger partial charge in [-0.15, -0.1) is 0 Å². The predicted octanol–water partition coefficient (Wildman–Crippen LogP) is 5.70. The van der Waals surface area contributed by atoms with E-state index in [1.54, 1.807) is 31.2 Å². The molecule has 0 radical (unpaired) electrons. The minimum atomic E-state index is -1.33. The summed E-state index contributed by atoms with van der Waals surface area (Å²) < 4.78 is 13.0. The molecule has 2 aromatic carbocycles. The number of aliphatic hydroxyl groups is 1. The monoisotopic (exact) mass is 834 g/mol. The van der Waals surface area contributed by atoms with Crippen molar-refractivity contribution in [1.82, 2.24) is 10.6 Å². The van der Waals surface area contributed by atoms with Crippen LogP contribution in [0.5, 0.6) is 0 Å². The van der Waals surface area contributed by atoms with Gasteiger partial charge in [0.1, 0.15) is 6.04 Å². The normalized spacial score (nSPS) is 24.7. The quantitative estimate of drug-likeness (QED) is 0.0557. The fourth-order valence-electron chi connectivity index (χ4n) is 9.44. The van der Waals surface area contributed by atoms with Gasteiger partial charge in [0.15, 0.2) is 17.3 Å². The molecule has 4 fully saturated rings. The van der Waals surface area contributed by atoms with Crippen molar-refractivity contribution < 1.29 is 38.4 Å². The zero-order valence-corrected chi connectivity index (χ0v) is 36.3. The summed E-state index contributed by atoms with van der Waals surface area (Å²) in [7, 11) is -0.525. The molecular weight excluding hydrogens is 771 g/mol. The van der Waals surface area contributed by atoms with Gasteiger partial charge in [0, 0.05) is 41.7 Å². The Balaban J connectivity index is 1.15. The molecule has 3 saturated carbocycles. The van der Waals surface area contributed by atoms with Gasteiger partial charge in [0.05, 0.1) is 23.9 Å². The fourth-order valence-corrected chi connectivity index (χ4v) is 9.57. The average molecular weight is 835 g/mol. The number of amides is 2. The minimum absolute atomic E-state index is 0.00513. The van der Waals surface area contributed by atoms with Crippen LogP contribution in [0.3, 0.4) is 0 Å². The Bertz CT molecular complexity index is 1810. The number of carbonyl (C=O) groups is 5. The molecule has 10 atom stereocenters. The molecule has 2 bridgehead atoms. The molecule has 2 amide bonds. The Kier molecular flexibility index (Phi) is 15.8. The molecule has 1 aliphatic heterocycles. The summed E-state index contributed by atoms with van der Waals surface area (Å²) in [5.41, 5.74) is 13.6. The highest BCUT2D eigenvalue weighted by molar-refractivity contribution is 6.47. The van der Waals surface area contributed by atoms with Gasteiger partial charge in [-0.2, -0.15) is 0 Å². The molecule has 2 aromatic rings. The summed E-state index contributed by atoms with van der Waals surface area (Å²) in [4.78, 5) is 67.8. The van der Waals surface area contributed by atoms with Crippen LogP contribution in [0, 0.1) is 29.1 Å². The molecule has 3 aliphatic carbocycles. The molecular formula is C45H64BClN4O8. The third-order valence-electron chi connectivity index (χ3n) is 13.4. The molecule has 0 spiro atoms. The minimum Gasteiger partial charge on any atom is -0.405 e. The number of benzene rings is 2. The van der Waals surface area contributed by atoms with Crippen LogP contribution >= 0.6 is 11.6 Å². The zero-order valence-electron chi connectivity index (χ0n) is 35.5. The van der Waals surface area contributed by atoms with Crippen LogP contribution in [0.2, 0.25) is 10.8 Å². The maximum atomic E-state index is 13.8. The molecule has 0 aromatic heterocycles. The van der Waals surface area contributed by atoms with Gasteiger partial charge in [-0.25, -0.2) is 0 Å². The van der Waals surface area contributed by atoms with Gasteiger partial charge in [0.25, 0.3) is 0 Å². The topological polar surface area (TPSA) is 200 Å². The van der Waals surface area contributed by atoms with E-state index in [0.717, 1.165) is 24.0 Å². The smallest absolute Gasteiger partial charge is 0.405 e. The second kappa shape index (κ2) is 19.9. The summed E-state index contributed by atoms with van der Waals surface area (Å²) in [6.07, 6.45) is 2.34. The van der Waals surface area contributed by atoms with Gasteiger partial charge in [-0.1, -0.05) is 75.7 Å². The zero-order chi connectivity index (χ0) is 43.2. The lowest BCUT2D eigenvalue weighted by molar-refractivity contribution is -0.199. The summed E-state index contributed by atoms with van der Waals surface area (Å²) in [5, 5.41) is 16.8. The molecule has 12 nitrogen and oxygen atoms in total. The van der Waals surface area contributed by atoms with Crippen molar-refractivity contribution in [3.8, 4) is 11.1 Å². The lowest BCUT2D eigenvalue weighted by Gasteiger charge is -2.64. The maximum absolute atomic E-state index is 13.8. The summed E-state index contributed by atoms with van der Waals surface area (Å²) in [5.74, 6) is -3.03. The van der Waals surface area contributed by atoms with Gasteiger partial charge >= 0.3 is 7.12 Å². The first kappa shape index (κ1) is 46.6. The van der Waals surface area contributed by atoms with E-state index in [0.29, 0.717) is 48.2 Å². The fraction of sp³-hybridized carbons (Fsp3) is 0.622. The highest BCUT2D eigenvalue weighted by Gasteiger charge is 2.68. The van der Waals surface area contributed by atoms with Crippen LogP contribution in [-0.2, 0) is 28.5 Å². The van der Waals surface area contributed by atoms with E-state index in [1.807, 2.05) is 31.2 Å². The largest absolute Gasteiger partial charge is 0.461 e. The summed E-state index contributed by atoms with van der Waals surface area (Å²) in [6, 6.07) is 12.2. The van der Waals surface area contributed by atoms with Crippen molar-refractivity contribution in [2.75, 3.05) is 13.1 Å². The van der Waals surface area contributed by atoms with E-state index < -0.39 is 60.3 Å². The van der Waals surface area contributed by atoms with Crippen molar-refractivity contribution in [1.29, 1.82) is 0 Å².